The van der Waals surface area contributed by atoms with Gasteiger partial charge in [0.2, 0.25) is 0 Å². The molecule has 0 aliphatic heterocycles. The van der Waals surface area contributed by atoms with Gasteiger partial charge in [-0.25, -0.2) is 9.78 Å². The van der Waals surface area contributed by atoms with Gasteiger partial charge in [-0.05, 0) is 12.1 Å². The molecule has 8 nitrogen and oxygen atoms in total. The summed E-state index contributed by atoms with van der Waals surface area (Å²) in [6.07, 6.45) is 4.10. The Balaban J connectivity index is 2.10. The molecular weight excluding hydrogens is 276 g/mol. The molecule has 1 aromatic carbocycles. The molecule has 0 saturated heterocycles. The van der Waals surface area contributed by atoms with Crippen molar-refractivity contribution in [3.05, 3.63) is 52.1 Å². The van der Waals surface area contributed by atoms with E-state index >= 15 is 0 Å². The van der Waals surface area contributed by atoms with Crippen LogP contribution in [0.1, 0.15) is 16.2 Å². The number of carboxylic acid groups (broad SMARTS) is 1. The highest BCUT2D eigenvalue weighted by atomic mass is 16.6. The fraction of sp³-hybridized carbons (Fsp3) is 0.231. The van der Waals surface area contributed by atoms with Crippen molar-refractivity contribution < 1.29 is 14.8 Å². The average molecular weight is 290 g/mol. The van der Waals surface area contributed by atoms with E-state index < -0.39 is 10.9 Å². The summed E-state index contributed by atoms with van der Waals surface area (Å²) >= 11 is 0. The van der Waals surface area contributed by atoms with Gasteiger partial charge in [0.25, 0.3) is 5.69 Å². The van der Waals surface area contributed by atoms with E-state index in [1.807, 2.05) is 17.8 Å². The van der Waals surface area contributed by atoms with Crippen LogP contribution in [-0.4, -0.2) is 32.1 Å². The number of hydrogen-bond donors (Lipinski definition) is 2. The molecule has 1 heterocycles. The number of imidazole rings is 1. The molecule has 0 aliphatic carbocycles. The number of nitrogens with one attached hydrogen (secondary N) is 1. The lowest BCUT2D eigenvalue weighted by molar-refractivity contribution is -0.384. The summed E-state index contributed by atoms with van der Waals surface area (Å²) < 4.78 is 1.86. The molecule has 2 aromatic rings. The van der Waals surface area contributed by atoms with Crippen LogP contribution < -0.4 is 5.32 Å². The number of aryl methyl sites for hydroxylation is 1. The number of carboxylic acids is 1. The zero-order valence-corrected chi connectivity index (χ0v) is 11.3. The van der Waals surface area contributed by atoms with Crippen LogP contribution in [0.4, 0.5) is 11.4 Å². The van der Waals surface area contributed by atoms with E-state index in [-0.39, 0.29) is 11.3 Å². The number of carbonyl (C=O) groups is 1. The van der Waals surface area contributed by atoms with E-state index in [1.54, 1.807) is 6.20 Å². The molecule has 8 heteroatoms. The Bertz CT molecular complexity index is 681. The van der Waals surface area contributed by atoms with Crippen LogP contribution in [-0.2, 0) is 13.5 Å². The summed E-state index contributed by atoms with van der Waals surface area (Å²) in [6.45, 7) is 0.456. The highest BCUT2D eigenvalue weighted by molar-refractivity contribution is 5.89. The van der Waals surface area contributed by atoms with Gasteiger partial charge in [0.05, 0.1) is 10.5 Å². The lowest BCUT2D eigenvalue weighted by Gasteiger charge is -2.08. The number of anilines is 1. The molecule has 2 N–H and O–H groups in total. The number of nitrogens with zero attached hydrogens (tertiary/aromatic N) is 3. The largest absolute Gasteiger partial charge is 0.478 e. The van der Waals surface area contributed by atoms with Gasteiger partial charge < -0.3 is 15.0 Å². The van der Waals surface area contributed by atoms with E-state index in [0.29, 0.717) is 18.7 Å². The average Bonchev–Trinajstić information content (AvgIpc) is 2.84. The van der Waals surface area contributed by atoms with Gasteiger partial charge in [-0.3, -0.25) is 10.1 Å². The first-order chi connectivity index (χ1) is 9.99. The molecule has 0 fully saturated rings. The molecule has 0 saturated carbocycles. The Morgan fingerprint density at radius 1 is 1.52 bits per heavy atom. The van der Waals surface area contributed by atoms with Crippen molar-refractivity contribution in [1.82, 2.24) is 9.55 Å². The van der Waals surface area contributed by atoms with Gasteiger partial charge in [-0.2, -0.15) is 0 Å². The van der Waals surface area contributed by atoms with Crippen molar-refractivity contribution in [2.24, 2.45) is 7.05 Å². The second-order valence-electron chi connectivity index (χ2n) is 4.43. The van der Waals surface area contributed by atoms with Crippen LogP contribution in [0.5, 0.6) is 0 Å². The Kier molecular flexibility index (Phi) is 4.17. The van der Waals surface area contributed by atoms with Crippen LogP contribution in [0.2, 0.25) is 0 Å². The van der Waals surface area contributed by atoms with Crippen LogP contribution >= 0.6 is 0 Å². The normalized spacial score (nSPS) is 10.3. The summed E-state index contributed by atoms with van der Waals surface area (Å²) in [5.41, 5.74) is -0.0784. The minimum absolute atomic E-state index is 0.114. The lowest BCUT2D eigenvalue weighted by atomic mass is 10.1. The molecule has 21 heavy (non-hydrogen) atoms. The van der Waals surface area contributed by atoms with E-state index in [9.17, 15) is 14.9 Å². The summed E-state index contributed by atoms with van der Waals surface area (Å²) in [6, 6.07) is 3.78. The predicted molar refractivity (Wildman–Crippen MR) is 75.5 cm³/mol. The number of aromatic nitrogens is 2. The highest BCUT2D eigenvalue weighted by Crippen LogP contribution is 2.25. The van der Waals surface area contributed by atoms with Crippen molar-refractivity contribution in [3.63, 3.8) is 0 Å². The molecule has 0 aliphatic rings. The van der Waals surface area contributed by atoms with E-state index in [1.165, 1.54) is 12.1 Å². The monoisotopic (exact) mass is 290 g/mol. The Labute approximate surface area is 120 Å². The summed E-state index contributed by atoms with van der Waals surface area (Å²) in [7, 11) is 1.87. The van der Waals surface area contributed by atoms with Crippen LogP contribution in [0.15, 0.2) is 30.6 Å². The number of aromatic carboxylic acids is 1. The van der Waals surface area contributed by atoms with Crippen LogP contribution in [0.25, 0.3) is 0 Å². The molecule has 0 unspecified atom stereocenters. The maximum absolute atomic E-state index is 11.0. The second kappa shape index (κ2) is 6.04. The summed E-state index contributed by atoms with van der Waals surface area (Å²) in [5.74, 6) is -0.343. The number of nitro benzene ring substituents is 1. The number of rotatable bonds is 6. The Hall–Kier alpha value is -2.90. The second-order valence-corrected chi connectivity index (χ2v) is 4.43. The van der Waals surface area contributed by atoms with Crippen LogP contribution in [0, 0.1) is 10.1 Å². The summed E-state index contributed by atoms with van der Waals surface area (Å²) in [4.78, 5) is 25.4. The fourth-order valence-corrected chi connectivity index (χ4v) is 1.91. The third-order valence-corrected chi connectivity index (χ3v) is 3.03. The summed E-state index contributed by atoms with van der Waals surface area (Å²) in [5, 5.41) is 22.8. The minimum Gasteiger partial charge on any atom is -0.478 e. The SMILES string of the molecule is Cn1ccnc1CCNc1ccc(C(=O)O)cc1[N+](=O)[O-]. The van der Waals surface area contributed by atoms with E-state index in [4.69, 9.17) is 5.11 Å². The molecule has 0 radical (unpaired) electrons. The van der Waals surface area contributed by atoms with Crippen molar-refractivity contribution in [3.8, 4) is 0 Å². The maximum Gasteiger partial charge on any atom is 0.335 e. The molecule has 2 rings (SSSR count). The van der Waals surface area contributed by atoms with Crippen molar-refractivity contribution >= 4 is 17.3 Å². The van der Waals surface area contributed by atoms with Crippen molar-refractivity contribution in [2.75, 3.05) is 11.9 Å². The number of nitro groups is 1. The van der Waals surface area contributed by atoms with Gasteiger partial charge in [0.15, 0.2) is 0 Å². The molecule has 110 valence electrons. The highest BCUT2D eigenvalue weighted by Gasteiger charge is 2.17. The third kappa shape index (κ3) is 3.35. The van der Waals surface area contributed by atoms with E-state index in [2.05, 4.69) is 10.3 Å². The molecule has 0 amide bonds. The molecule has 0 atom stereocenters. The van der Waals surface area contributed by atoms with E-state index in [0.717, 1.165) is 11.9 Å². The first-order valence-corrected chi connectivity index (χ1v) is 6.21. The van der Waals surface area contributed by atoms with Crippen molar-refractivity contribution in [1.29, 1.82) is 0 Å². The third-order valence-electron chi connectivity index (χ3n) is 3.03. The Morgan fingerprint density at radius 2 is 2.29 bits per heavy atom. The van der Waals surface area contributed by atoms with Gasteiger partial charge >= 0.3 is 5.97 Å². The van der Waals surface area contributed by atoms with Gasteiger partial charge in [-0.15, -0.1) is 0 Å². The smallest absolute Gasteiger partial charge is 0.335 e. The minimum atomic E-state index is -1.20. The van der Waals surface area contributed by atoms with Gasteiger partial charge in [-0.1, -0.05) is 0 Å². The Morgan fingerprint density at radius 3 is 2.86 bits per heavy atom. The fourth-order valence-electron chi connectivity index (χ4n) is 1.91. The van der Waals surface area contributed by atoms with Gasteiger partial charge in [0.1, 0.15) is 11.5 Å². The lowest BCUT2D eigenvalue weighted by Crippen LogP contribution is -2.10. The quantitative estimate of drug-likeness (QED) is 0.618. The number of benzene rings is 1. The van der Waals surface area contributed by atoms with Crippen molar-refractivity contribution in [2.45, 2.75) is 6.42 Å². The van der Waals surface area contributed by atoms with Gasteiger partial charge in [0, 0.05) is 38.5 Å². The standard InChI is InChI=1S/C13H14N4O4/c1-16-7-6-15-12(16)4-5-14-10-3-2-9(13(18)19)8-11(10)17(20)21/h2-3,6-8,14H,4-5H2,1H3,(H,18,19). The first kappa shape index (κ1) is 14.5. The molecule has 0 spiro atoms. The molecule has 1 aromatic heterocycles. The topological polar surface area (TPSA) is 110 Å². The predicted octanol–water partition coefficient (Wildman–Crippen LogP) is 1.68. The molecule has 0 bridgehead atoms. The first-order valence-electron chi connectivity index (χ1n) is 6.21. The maximum atomic E-state index is 11.0. The zero-order valence-electron chi connectivity index (χ0n) is 11.3. The molecular formula is C13H14N4O4. The zero-order chi connectivity index (χ0) is 15.4. The number of hydrogen-bond acceptors (Lipinski definition) is 5. The van der Waals surface area contributed by atoms with Crippen LogP contribution in [0.3, 0.4) is 0 Å².